The van der Waals surface area contributed by atoms with E-state index in [9.17, 15) is 4.79 Å². The van der Waals surface area contributed by atoms with E-state index in [1.165, 1.54) is 6.39 Å². The molecule has 1 amide bonds. The summed E-state index contributed by atoms with van der Waals surface area (Å²) in [6.07, 6.45) is 1.34. The number of oxazole rings is 1. The number of fused-ring (bicyclic) bond motifs is 1. The molecule has 0 saturated carbocycles. The van der Waals surface area contributed by atoms with Crippen LogP contribution >= 0.6 is 0 Å². The zero-order valence-electron chi connectivity index (χ0n) is 10.3. The molecule has 0 spiro atoms. The second kappa shape index (κ2) is 4.86. The Morgan fingerprint density at radius 3 is 2.75 bits per heavy atom. The highest BCUT2D eigenvalue weighted by molar-refractivity contribution is 6.05. The molecule has 0 radical (unpaired) electrons. The molecule has 1 N–H and O–H groups in total. The Kier molecular flexibility index (Phi) is 2.90. The van der Waals surface area contributed by atoms with Gasteiger partial charge >= 0.3 is 0 Å². The van der Waals surface area contributed by atoms with E-state index in [0.717, 1.165) is 0 Å². The van der Waals surface area contributed by atoms with Crippen molar-refractivity contribution in [1.29, 1.82) is 5.26 Å². The molecule has 0 bridgehead atoms. The molecule has 0 fully saturated rings. The van der Waals surface area contributed by atoms with E-state index < -0.39 is 0 Å². The van der Waals surface area contributed by atoms with Crippen LogP contribution in [0.4, 0.5) is 5.69 Å². The summed E-state index contributed by atoms with van der Waals surface area (Å²) >= 11 is 0. The van der Waals surface area contributed by atoms with E-state index in [1.54, 1.807) is 42.5 Å². The first-order valence-corrected chi connectivity index (χ1v) is 5.91. The van der Waals surface area contributed by atoms with Crippen molar-refractivity contribution in [2.24, 2.45) is 0 Å². The van der Waals surface area contributed by atoms with Gasteiger partial charge in [0.25, 0.3) is 5.91 Å². The molecular weight excluding hydrogens is 254 g/mol. The quantitative estimate of drug-likeness (QED) is 0.770. The zero-order valence-corrected chi connectivity index (χ0v) is 10.3. The van der Waals surface area contributed by atoms with Gasteiger partial charge in [0.1, 0.15) is 5.52 Å². The number of carbonyl (C=O) groups excluding carboxylic acids is 1. The fraction of sp³-hybridized carbons (Fsp3) is 0. The van der Waals surface area contributed by atoms with E-state index in [1.807, 2.05) is 6.07 Å². The van der Waals surface area contributed by atoms with E-state index in [2.05, 4.69) is 10.3 Å². The van der Waals surface area contributed by atoms with Gasteiger partial charge in [-0.15, -0.1) is 0 Å². The minimum Gasteiger partial charge on any atom is -0.443 e. The summed E-state index contributed by atoms with van der Waals surface area (Å²) in [5.41, 5.74) is 2.94. The van der Waals surface area contributed by atoms with Gasteiger partial charge in [-0.3, -0.25) is 4.79 Å². The van der Waals surface area contributed by atoms with Gasteiger partial charge in [0.15, 0.2) is 12.0 Å². The van der Waals surface area contributed by atoms with Crippen molar-refractivity contribution in [3.8, 4) is 6.07 Å². The molecule has 0 atom stereocenters. The number of hydrogen-bond acceptors (Lipinski definition) is 4. The number of aromatic nitrogens is 1. The van der Waals surface area contributed by atoms with Gasteiger partial charge in [0, 0.05) is 11.3 Å². The zero-order chi connectivity index (χ0) is 13.9. The minimum absolute atomic E-state index is 0.243. The number of nitrogens with zero attached hydrogens (tertiary/aromatic N) is 2. The Balaban J connectivity index is 1.82. The monoisotopic (exact) mass is 263 g/mol. The normalized spacial score (nSPS) is 10.2. The lowest BCUT2D eigenvalue weighted by Gasteiger charge is -2.05. The van der Waals surface area contributed by atoms with Crippen LogP contribution in [-0.2, 0) is 0 Å². The molecule has 3 rings (SSSR count). The highest BCUT2D eigenvalue weighted by Gasteiger charge is 2.08. The fourth-order valence-corrected chi connectivity index (χ4v) is 1.83. The molecule has 0 aliphatic heterocycles. The average Bonchev–Trinajstić information content (AvgIpc) is 2.95. The molecule has 5 nitrogen and oxygen atoms in total. The molecular formula is C15H9N3O2. The van der Waals surface area contributed by atoms with Crippen molar-refractivity contribution in [1.82, 2.24) is 4.98 Å². The number of rotatable bonds is 2. The van der Waals surface area contributed by atoms with Crippen LogP contribution in [-0.4, -0.2) is 10.9 Å². The second-order valence-electron chi connectivity index (χ2n) is 4.18. The number of nitriles is 1. The Morgan fingerprint density at radius 1 is 1.20 bits per heavy atom. The smallest absolute Gasteiger partial charge is 0.255 e. The van der Waals surface area contributed by atoms with Gasteiger partial charge in [0.05, 0.1) is 11.6 Å². The van der Waals surface area contributed by atoms with Crippen molar-refractivity contribution in [2.75, 3.05) is 5.32 Å². The molecule has 0 aliphatic rings. The third-order valence-corrected chi connectivity index (χ3v) is 2.87. The van der Waals surface area contributed by atoms with Gasteiger partial charge in [-0.25, -0.2) is 4.98 Å². The van der Waals surface area contributed by atoms with Crippen molar-refractivity contribution in [3.63, 3.8) is 0 Å². The standard InChI is InChI=1S/C15H9N3O2/c16-8-10-1-4-12(5-2-10)18-15(19)11-3-6-13-14(7-11)20-9-17-13/h1-7,9H,(H,18,19). The predicted octanol–water partition coefficient (Wildman–Crippen LogP) is 2.95. The highest BCUT2D eigenvalue weighted by Crippen LogP contribution is 2.16. The number of anilines is 1. The number of amides is 1. The van der Waals surface area contributed by atoms with Crippen molar-refractivity contribution >= 4 is 22.7 Å². The number of benzene rings is 2. The molecule has 96 valence electrons. The first-order valence-electron chi connectivity index (χ1n) is 5.91. The summed E-state index contributed by atoms with van der Waals surface area (Å²) in [4.78, 5) is 16.1. The Labute approximate surface area is 114 Å². The minimum atomic E-state index is -0.243. The Morgan fingerprint density at radius 2 is 2.00 bits per heavy atom. The number of carbonyl (C=O) groups is 1. The number of nitrogens with one attached hydrogen (secondary N) is 1. The van der Waals surface area contributed by atoms with Crippen LogP contribution in [0.1, 0.15) is 15.9 Å². The van der Waals surface area contributed by atoms with Crippen LogP contribution in [0.15, 0.2) is 53.3 Å². The van der Waals surface area contributed by atoms with Gasteiger partial charge in [-0.2, -0.15) is 5.26 Å². The van der Waals surface area contributed by atoms with Crippen LogP contribution < -0.4 is 5.32 Å². The van der Waals surface area contributed by atoms with E-state index in [4.69, 9.17) is 9.68 Å². The van der Waals surface area contributed by atoms with Crippen molar-refractivity contribution < 1.29 is 9.21 Å². The Bertz CT molecular complexity index is 813. The molecule has 0 saturated heterocycles. The molecule has 1 aromatic heterocycles. The van der Waals surface area contributed by atoms with Gasteiger partial charge < -0.3 is 9.73 Å². The molecule has 3 aromatic rings. The predicted molar refractivity (Wildman–Crippen MR) is 73.1 cm³/mol. The first kappa shape index (κ1) is 11.9. The maximum atomic E-state index is 12.1. The summed E-state index contributed by atoms with van der Waals surface area (Å²) in [5.74, 6) is -0.243. The summed E-state index contributed by atoms with van der Waals surface area (Å²) in [6, 6.07) is 13.7. The van der Waals surface area contributed by atoms with Crippen LogP contribution in [0, 0.1) is 11.3 Å². The van der Waals surface area contributed by atoms with Gasteiger partial charge in [0.2, 0.25) is 0 Å². The lowest BCUT2D eigenvalue weighted by atomic mass is 10.2. The van der Waals surface area contributed by atoms with Crippen molar-refractivity contribution in [3.05, 3.63) is 60.0 Å². The SMILES string of the molecule is N#Cc1ccc(NC(=O)c2ccc3ncoc3c2)cc1. The largest absolute Gasteiger partial charge is 0.443 e. The van der Waals surface area contributed by atoms with Crippen LogP contribution in [0.25, 0.3) is 11.1 Å². The van der Waals surface area contributed by atoms with Crippen LogP contribution in [0.3, 0.4) is 0 Å². The lowest BCUT2D eigenvalue weighted by molar-refractivity contribution is 0.102. The molecule has 1 heterocycles. The fourth-order valence-electron chi connectivity index (χ4n) is 1.83. The van der Waals surface area contributed by atoms with E-state index in [-0.39, 0.29) is 5.91 Å². The summed E-state index contributed by atoms with van der Waals surface area (Å²) in [6.45, 7) is 0. The van der Waals surface area contributed by atoms with Crippen LogP contribution in [0.2, 0.25) is 0 Å². The highest BCUT2D eigenvalue weighted by atomic mass is 16.3. The van der Waals surface area contributed by atoms with Crippen LogP contribution in [0.5, 0.6) is 0 Å². The molecule has 0 aliphatic carbocycles. The average molecular weight is 263 g/mol. The number of hydrogen-bond donors (Lipinski definition) is 1. The molecule has 0 unspecified atom stereocenters. The van der Waals surface area contributed by atoms with E-state index >= 15 is 0 Å². The first-order chi connectivity index (χ1) is 9.76. The molecule has 20 heavy (non-hydrogen) atoms. The molecule has 2 aromatic carbocycles. The third kappa shape index (κ3) is 2.22. The maximum absolute atomic E-state index is 12.1. The molecule has 5 heteroatoms. The lowest BCUT2D eigenvalue weighted by Crippen LogP contribution is -2.11. The maximum Gasteiger partial charge on any atom is 0.255 e. The topological polar surface area (TPSA) is 78.9 Å². The summed E-state index contributed by atoms with van der Waals surface area (Å²) in [5, 5.41) is 11.5. The third-order valence-electron chi connectivity index (χ3n) is 2.87. The van der Waals surface area contributed by atoms with Gasteiger partial charge in [-0.1, -0.05) is 0 Å². The van der Waals surface area contributed by atoms with Gasteiger partial charge in [-0.05, 0) is 42.5 Å². The summed E-state index contributed by atoms with van der Waals surface area (Å²) in [7, 11) is 0. The Hall–Kier alpha value is -3.13. The van der Waals surface area contributed by atoms with E-state index in [0.29, 0.717) is 27.9 Å². The second-order valence-corrected chi connectivity index (χ2v) is 4.18. The van der Waals surface area contributed by atoms with Crippen molar-refractivity contribution in [2.45, 2.75) is 0 Å². The summed E-state index contributed by atoms with van der Waals surface area (Å²) < 4.78 is 5.16.